The average molecular weight is 321 g/mol. The number of phenolic OH excluding ortho intramolecular Hbond substituents is 1. The second kappa shape index (κ2) is 8.37. The molecule has 8 nitrogen and oxygen atoms in total. The predicted octanol–water partition coefficient (Wildman–Crippen LogP) is 1.16. The van der Waals surface area contributed by atoms with E-state index in [9.17, 15) is 15.2 Å². The van der Waals surface area contributed by atoms with E-state index in [1.54, 1.807) is 12.1 Å². The molecule has 8 heteroatoms. The van der Waals surface area contributed by atoms with E-state index in [0.717, 1.165) is 32.8 Å². The van der Waals surface area contributed by atoms with E-state index < -0.39 is 4.92 Å². The van der Waals surface area contributed by atoms with Gasteiger partial charge in [-0.1, -0.05) is 0 Å². The Kier molecular flexibility index (Phi) is 6.21. The molecule has 2 heterocycles. The van der Waals surface area contributed by atoms with Crippen molar-refractivity contribution in [3.8, 4) is 5.75 Å². The fourth-order valence-corrected chi connectivity index (χ4v) is 2.27. The molecule has 1 aromatic heterocycles. The number of morpholine rings is 1. The number of benzene rings is 1. The van der Waals surface area contributed by atoms with Crippen LogP contribution in [0.1, 0.15) is 0 Å². The fourth-order valence-electron chi connectivity index (χ4n) is 2.27. The van der Waals surface area contributed by atoms with E-state index in [2.05, 4.69) is 9.88 Å². The minimum Gasteiger partial charge on any atom is -0.506 e. The molecule has 0 amide bonds. The summed E-state index contributed by atoms with van der Waals surface area (Å²) in [6.07, 6.45) is 1.48. The number of nitro groups is 1. The minimum atomic E-state index is -0.497. The molecular formula is C15H19N3O5. The van der Waals surface area contributed by atoms with Gasteiger partial charge in [0.05, 0.1) is 30.1 Å². The third kappa shape index (κ3) is 4.59. The molecule has 1 aromatic carbocycles. The highest BCUT2D eigenvalue weighted by molar-refractivity contribution is 5.91. The average Bonchev–Trinajstić information content (AvgIpc) is 2.57. The molecule has 0 bridgehead atoms. The van der Waals surface area contributed by atoms with Crippen LogP contribution in [0.15, 0.2) is 30.5 Å². The van der Waals surface area contributed by atoms with E-state index in [1.165, 1.54) is 18.3 Å². The monoisotopic (exact) mass is 321 g/mol. The molecule has 2 aromatic rings. The third-order valence-corrected chi connectivity index (χ3v) is 3.44. The van der Waals surface area contributed by atoms with Crippen LogP contribution < -0.4 is 0 Å². The summed E-state index contributed by atoms with van der Waals surface area (Å²) in [5.74, 6) is -0.0498. The molecule has 1 saturated heterocycles. The van der Waals surface area contributed by atoms with E-state index in [-0.39, 0.29) is 23.6 Å². The van der Waals surface area contributed by atoms with Crippen molar-refractivity contribution in [3.63, 3.8) is 0 Å². The van der Waals surface area contributed by atoms with Crippen molar-refractivity contribution in [1.29, 1.82) is 0 Å². The number of fused-ring (bicyclic) bond motifs is 1. The number of rotatable bonds is 3. The molecule has 0 atom stereocenters. The Labute approximate surface area is 133 Å². The number of aliphatic hydroxyl groups is 1. The molecule has 0 unspecified atom stereocenters. The molecule has 0 spiro atoms. The summed E-state index contributed by atoms with van der Waals surface area (Å²) >= 11 is 0. The van der Waals surface area contributed by atoms with Crippen LogP contribution in [-0.4, -0.2) is 64.5 Å². The Morgan fingerprint density at radius 2 is 2.04 bits per heavy atom. The first-order valence-corrected chi connectivity index (χ1v) is 7.25. The molecule has 2 N–H and O–H groups in total. The number of aliphatic hydroxyl groups excluding tert-OH is 1. The van der Waals surface area contributed by atoms with Gasteiger partial charge in [-0.15, -0.1) is 0 Å². The number of pyridine rings is 1. The maximum atomic E-state index is 10.6. The molecule has 23 heavy (non-hydrogen) atoms. The molecule has 1 aliphatic heterocycles. The van der Waals surface area contributed by atoms with E-state index >= 15 is 0 Å². The topological polar surface area (TPSA) is 109 Å². The maximum Gasteiger partial charge on any atom is 0.279 e. The van der Waals surface area contributed by atoms with Gasteiger partial charge in [0.2, 0.25) is 0 Å². The Bertz CT molecular complexity index is 656. The lowest BCUT2D eigenvalue weighted by Crippen LogP contribution is -2.37. The Morgan fingerprint density at radius 1 is 1.30 bits per heavy atom. The van der Waals surface area contributed by atoms with E-state index in [1.807, 2.05) is 0 Å². The Hall–Kier alpha value is -2.29. The number of β-amino-alcohol motifs (C(OH)–C–C–N with tert-alkyl or cyclic N) is 1. The maximum absolute atomic E-state index is 10.6. The SMILES string of the molecule is O=[N+]([O-])c1ccc(O)c2ncccc12.OCCN1CCOCC1. The number of nitro benzene ring substituents is 1. The summed E-state index contributed by atoms with van der Waals surface area (Å²) in [6.45, 7) is 4.64. The van der Waals surface area contributed by atoms with E-state index in [4.69, 9.17) is 9.84 Å². The number of hydrogen-bond acceptors (Lipinski definition) is 7. The molecule has 0 saturated carbocycles. The molecule has 0 radical (unpaired) electrons. The number of hydrogen-bond donors (Lipinski definition) is 2. The van der Waals surface area contributed by atoms with Crippen LogP contribution in [0.3, 0.4) is 0 Å². The van der Waals surface area contributed by atoms with Crippen molar-refractivity contribution < 1.29 is 19.9 Å². The van der Waals surface area contributed by atoms with Gasteiger partial charge in [-0.2, -0.15) is 0 Å². The Balaban J connectivity index is 0.000000185. The van der Waals surface area contributed by atoms with Gasteiger partial charge in [0.25, 0.3) is 5.69 Å². The van der Waals surface area contributed by atoms with Gasteiger partial charge in [0.15, 0.2) is 0 Å². The summed E-state index contributed by atoms with van der Waals surface area (Å²) in [4.78, 5) is 16.2. The molecule has 0 aliphatic carbocycles. The van der Waals surface area contributed by atoms with Crippen LogP contribution in [0.5, 0.6) is 5.75 Å². The normalized spacial score (nSPS) is 15.0. The van der Waals surface area contributed by atoms with E-state index in [0.29, 0.717) is 5.39 Å². The van der Waals surface area contributed by atoms with Crippen LogP contribution in [0.4, 0.5) is 5.69 Å². The predicted molar refractivity (Wildman–Crippen MR) is 84.4 cm³/mol. The molecule has 1 aliphatic rings. The quantitative estimate of drug-likeness (QED) is 0.645. The highest BCUT2D eigenvalue weighted by atomic mass is 16.6. The van der Waals surface area contributed by atoms with Crippen molar-refractivity contribution in [2.45, 2.75) is 0 Å². The zero-order valence-electron chi connectivity index (χ0n) is 12.6. The second-order valence-electron chi connectivity index (χ2n) is 4.94. The summed E-state index contributed by atoms with van der Waals surface area (Å²) in [7, 11) is 0. The number of phenols is 1. The van der Waals surface area contributed by atoms with Crippen molar-refractivity contribution in [2.75, 3.05) is 39.5 Å². The minimum absolute atomic E-state index is 0.0498. The lowest BCUT2D eigenvalue weighted by molar-refractivity contribution is -0.383. The number of aromatic hydroxyl groups is 1. The van der Waals surface area contributed by atoms with Gasteiger partial charge in [0.1, 0.15) is 11.3 Å². The zero-order valence-corrected chi connectivity index (χ0v) is 12.6. The first-order chi connectivity index (χ1) is 11.1. The van der Waals surface area contributed by atoms with Crippen LogP contribution in [-0.2, 0) is 4.74 Å². The second-order valence-corrected chi connectivity index (χ2v) is 4.94. The van der Waals surface area contributed by atoms with Crippen molar-refractivity contribution in [3.05, 3.63) is 40.6 Å². The highest BCUT2D eigenvalue weighted by Crippen LogP contribution is 2.29. The molecular weight excluding hydrogens is 302 g/mol. The summed E-state index contributed by atoms with van der Waals surface area (Å²) < 4.78 is 5.12. The number of non-ortho nitro benzene ring substituents is 1. The summed E-state index contributed by atoms with van der Waals surface area (Å²) in [6, 6.07) is 5.68. The standard InChI is InChI=1S/C9H6N2O3.C6H13NO2/c12-8-4-3-7(11(13)14)6-2-1-5-10-9(6)8;8-4-1-7-2-5-9-6-3-7/h1-5,12H;8H,1-6H2. The van der Waals surface area contributed by atoms with Gasteiger partial charge in [0, 0.05) is 31.9 Å². The lowest BCUT2D eigenvalue weighted by Gasteiger charge is -2.25. The largest absolute Gasteiger partial charge is 0.506 e. The number of nitrogens with zero attached hydrogens (tertiary/aromatic N) is 3. The summed E-state index contributed by atoms with van der Waals surface area (Å²) in [5.41, 5.74) is 0.201. The lowest BCUT2D eigenvalue weighted by atomic mass is 10.2. The van der Waals surface area contributed by atoms with Gasteiger partial charge in [-0.25, -0.2) is 0 Å². The van der Waals surface area contributed by atoms with Crippen LogP contribution >= 0.6 is 0 Å². The molecule has 3 rings (SSSR count). The Morgan fingerprint density at radius 3 is 2.70 bits per heavy atom. The van der Waals surface area contributed by atoms with Gasteiger partial charge < -0.3 is 14.9 Å². The number of ether oxygens (including phenoxy) is 1. The van der Waals surface area contributed by atoms with Gasteiger partial charge in [-0.05, 0) is 18.2 Å². The van der Waals surface area contributed by atoms with Gasteiger partial charge in [-0.3, -0.25) is 20.0 Å². The van der Waals surface area contributed by atoms with Crippen molar-refractivity contribution in [2.24, 2.45) is 0 Å². The van der Waals surface area contributed by atoms with Gasteiger partial charge >= 0.3 is 0 Å². The molecule has 124 valence electrons. The summed E-state index contributed by atoms with van der Waals surface area (Å²) in [5, 5.41) is 28.9. The first-order valence-electron chi connectivity index (χ1n) is 7.25. The molecule has 1 fully saturated rings. The first kappa shape index (κ1) is 17.1. The smallest absolute Gasteiger partial charge is 0.279 e. The highest BCUT2D eigenvalue weighted by Gasteiger charge is 2.13. The van der Waals surface area contributed by atoms with Crippen LogP contribution in [0.2, 0.25) is 0 Å². The van der Waals surface area contributed by atoms with Crippen LogP contribution in [0, 0.1) is 10.1 Å². The number of aromatic nitrogens is 1. The van der Waals surface area contributed by atoms with Crippen LogP contribution in [0.25, 0.3) is 10.9 Å². The zero-order chi connectivity index (χ0) is 16.7. The fraction of sp³-hybridized carbons (Fsp3) is 0.400. The third-order valence-electron chi connectivity index (χ3n) is 3.44. The van der Waals surface area contributed by atoms with Crippen molar-refractivity contribution >= 4 is 16.6 Å². The van der Waals surface area contributed by atoms with Crippen molar-refractivity contribution in [1.82, 2.24) is 9.88 Å².